The molecule has 0 atom stereocenters. The Morgan fingerprint density at radius 3 is 2.74 bits per heavy atom. The molecule has 158 valence electrons. The number of hydrogen-bond acceptors (Lipinski definition) is 6. The van der Waals surface area contributed by atoms with Crippen molar-refractivity contribution >= 4 is 16.9 Å². The summed E-state index contributed by atoms with van der Waals surface area (Å²) in [5, 5.41) is 4.44. The van der Waals surface area contributed by atoms with Crippen LogP contribution < -0.4 is 4.74 Å². The predicted molar refractivity (Wildman–Crippen MR) is 115 cm³/mol. The summed E-state index contributed by atoms with van der Waals surface area (Å²) >= 11 is 0. The first-order chi connectivity index (χ1) is 15.2. The predicted octanol–water partition coefficient (Wildman–Crippen LogP) is 3.51. The minimum atomic E-state index is 0.298. The van der Waals surface area contributed by atoms with Gasteiger partial charge in [0.05, 0.1) is 19.0 Å². The Morgan fingerprint density at radius 2 is 1.84 bits per heavy atom. The molecule has 0 saturated heterocycles. The molecule has 4 aromatic rings. The number of aryl methyl sites for hydroxylation is 1. The van der Waals surface area contributed by atoms with Crippen LogP contribution in [0, 0.1) is 0 Å². The van der Waals surface area contributed by atoms with Crippen LogP contribution in [0.4, 0.5) is 0 Å². The second-order valence-electron chi connectivity index (χ2n) is 7.84. The van der Waals surface area contributed by atoms with E-state index in [1.54, 1.807) is 12.5 Å². The van der Waals surface area contributed by atoms with E-state index < -0.39 is 0 Å². The number of benzene rings is 1. The van der Waals surface area contributed by atoms with Crippen LogP contribution in [-0.4, -0.2) is 41.7 Å². The van der Waals surface area contributed by atoms with Gasteiger partial charge in [0.1, 0.15) is 29.2 Å². The average molecular weight is 416 g/mol. The SMILES string of the molecule is O=C1CCCCn2cc(cn2)Cc2ncc3ncn(c3n2)-c2ccc(cc2)OCCC1. The second-order valence-corrected chi connectivity index (χ2v) is 7.84. The molecular formula is C23H24N6O2. The molecule has 0 amide bonds. The second kappa shape index (κ2) is 8.67. The van der Waals surface area contributed by atoms with E-state index in [1.807, 2.05) is 45.9 Å². The molecule has 5 heterocycles. The summed E-state index contributed by atoms with van der Waals surface area (Å²) < 4.78 is 9.69. The molecule has 0 N–H and O–H groups in total. The van der Waals surface area contributed by atoms with Crippen molar-refractivity contribution in [3.8, 4) is 11.4 Å². The van der Waals surface area contributed by atoms with Crippen molar-refractivity contribution in [1.29, 1.82) is 0 Å². The van der Waals surface area contributed by atoms with Crippen molar-refractivity contribution in [1.82, 2.24) is 29.3 Å². The zero-order valence-electron chi connectivity index (χ0n) is 17.3. The third-order valence-corrected chi connectivity index (χ3v) is 5.47. The molecule has 0 saturated carbocycles. The molecule has 31 heavy (non-hydrogen) atoms. The number of ketones is 1. The molecular weight excluding hydrogens is 392 g/mol. The van der Waals surface area contributed by atoms with E-state index >= 15 is 0 Å². The molecule has 2 aliphatic rings. The number of ether oxygens (including phenoxy) is 1. The monoisotopic (exact) mass is 416 g/mol. The molecule has 0 fully saturated rings. The van der Waals surface area contributed by atoms with Gasteiger partial charge in [-0.2, -0.15) is 5.10 Å². The fourth-order valence-electron chi connectivity index (χ4n) is 3.80. The van der Waals surface area contributed by atoms with Crippen LogP contribution in [0.2, 0.25) is 0 Å². The summed E-state index contributed by atoms with van der Waals surface area (Å²) in [6.45, 7) is 1.34. The van der Waals surface area contributed by atoms with Gasteiger partial charge in [0, 0.05) is 37.7 Å². The van der Waals surface area contributed by atoms with E-state index in [-0.39, 0.29) is 0 Å². The Hall–Kier alpha value is -3.55. The Bertz CT molecular complexity index is 1190. The van der Waals surface area contributed by atoms with Crippen LogP contribution in [0.3, 0.4) is 0 Å². The lowest BCUT2D eigenvalue weighted by atomic mass is 10.1. The molecule has 0 spiro atoms. The molecule has 2 aliphatic heterocycles. The number of carbonyl (C=O) groups excluding carboxylic acids is 1. The third kappa shape index (κ3) is 4.47. The van der Waals surface area contributed by atoms with Gasteiger partial charge in [-0.15, -0.1) is 0 Å². The number of aromatic nitrogens is 6. The summed E-state index contributed by atoms with van der Waals surface area (Å²) in [5.74, 6) is 1.81. The third-order valence-electron chi connectivity index (χ3n) is 5.47. The van der Waals surface area contributed by atoms with Gasteiger partial charge in [-0.3, -0.25) is 14.0 Å². The number of Topliss-reactive ketones (excluding diaryl/α,β-unsaturated/α-hetero) is 1. The van der Waals surface area contributed by atoms with Gasteiger partial charge in [0.25, 0.3) is 0 Å². The largest absolute Gasteiger partial charge is 0.494 e. The highest BCUT2D eigenvalue weighted by atomic mass is 16.5. The first kappa shape index (κ1) is 19.4. The zero-order valence-corrected chi connectivity index (χ0v) is 17.3. The van der Waals surface area contributed by atoms with Gasteiger partial charge < -0.3 is 4.74 Å². The van der Waals surface area contributed by atoms with E-state index in [4.69, 9.17) is 9.72 Å². The minimum Gasteiger partial charge on any atom is -0.494 e. The topological polar surface area (TPSA) is 87.7 Å². The van der Waals surface area contributed by atoms with E-state index in [9.17, 15) is 4.79 Å². The highest BCUT2D eigenvalue weighted by Crippen LogP contribution is 2.20. The van der Waals surface area contributed by atoms with Gasteiger partial charge in [-0.1, -0.05) is 0 Å². The van der Waals surface area contributed by atoms with Crippen molar-refractivity contribution in [2.75, 3.05) is 6.61 Å². The van der Waals surface area contributed by atoms with Crippen LogP contribution in [-0.2, 0) is 17.8 Å². The van der Waals surface area contributed by atoms with Crippen LogP contribution in [0.5, 0.6) is 5.75 Å². The number of rotatable bonds is 0. The summed E-state index contributed by atoms with van der Waals surface area (Å²) in [5.41, 5.74) is 3.54. The van der Waals surface area contributed by atoms with Gasteiger partial charge in [0.2, 0.25) is 0 Å². The number of fused-ring (bicyclic) bond motifs is 10. The van der Waals surface area contributed by atoms with Crippen molar-refractivity contribution in [2.24, 2.45) is 0 Å². The standard InChI is InChI=1S/C23H24N6O2/c30-19-4-1-2-10-28-15-17(13-26-28)12-22-24-14-21-23(27-22)29(16-25-21)18-6-8-20(9-7-18)31-11-3-5-19/h6-9,13-16H,1-5,10-12H2. The first-order valence-corrected chi connectivity index (χ1v) is 10.7. The number of hydrogen-bond donors (Lipinski definition) is 0. The molecule has 6 bridgehead atoms. The Labute approximate surface area is 179 Å². The lowest BCUT2D eigenvalue weighted by Gasteiger charge is -2.08. The normalized spacial score (nSPS) is 15.7. The van der Waals surface area contributed by atoms with Gasteiger partial charge in [-0.25, -0.2) is 15.0 Å². The summed E-state index contributed by atoms with van der Waals surface area (Å²) in [6, 6.07) is 7.83. The smallest absolute Gasteiger partial charge is 0.168 e. The van der Waals surface area contributed by atoms with Crippen LogP contribution in [0.1, 0.15) is 43.5 Å². The molecule has 3 aromatic heterocycles. The summed E-state index contributed by atoms with van der Waals surface area (Å²) in [7, 11) is 0. The van der Waals surface area contributed by atoms with Crippen molar-refractivity contribution in [3.63, 3.8) is 0 Å². The fraction of sp³-hybridized carbons (Fsp3) is 0.348. The lowest BCUT2D eigenvalue weighted by Crippen LogP contribution is -2.04. The van der Waals surface area contributed by atoms with Crippen molar-refractivity contribution in [3.05, 3.63) is 60.6 Å². The summed E-state index contributed by atoms with van der Waals surface area (Å²) in [6.07, 6.45) is 11.7. The maximum Gasteiger partial charge on any atom is 0.168 e. The molecule has 0 aliphatic carbocycles. The molecule has 8 nitrogen and oxygen atoms in total. The van der Waals surface area contributed by atoms with Crippen molar-refractivity contribution in [2.45, 2.75) is 45.1 Å². The fourth-order valence-corrected chi connectivity index (χ4v) is 3.80. The lowest BCUT2D eigenvalue weighted by molar-refractivity contribution is -0.119. The maximum absolute atomic E-state index is 12.1. The highest BCUT2D eigenvalue weighted by Gasteiger charge is 2.11. The molecule has 6 rings (SSSR count). The first-order valence-electron chi connectivity index (χ1n) is 10.7. The Morgan fingerprint density at radius 1 is 0.968 bits per heavy atom. The van der Waals surface area contributed by atoms with Crippen molar-refractivity contribution < 1.29 is 9.53 Å². The average Bonchev–Trinajstić information content (AvgIpc) is 3.41. The molecule has 0 radical (unpaired) electrons. The molecule has 8 heteroatoms. The highest BCUT2D eigenvalue weighted by molar-refractivity contribution is 5.78. The maximum atomic E-state index is 12.1. The van der Waals surface area contributed by atoms with E-state index in [0.29, 0.717) is 31.7 Å². The minimum absolute atomic E-state index is 0.298. The number of carbonyl (C=O) groups is 1. The Kier molecular flexibility index (Phi) is 5.43. The van der Waals surface area contributed by atoms with Gasteiger partial charge in [-0.05, 0) is 49.1 Å². The van der Waals surface area contributed by atoms with Crippen LogP contribution in [0.15, 0.2) is 49.2 Å². The van der Waals surface area contributed by atoms with Gasteiger partial charge in [0.15, 0.2) is 5.65 Å². The zero-order chi connectivity index (χ0) is 21.0. The number of nitrogens with zero attached hydrogens (tertiary/aromatic N) is 6. The summed E-state index contributed by atoms with van der Waals surface area (Å²) in [4.78, 5) is 25.8. The van der Waals surface area contributed by atoms with Crippen LogP contribution in [0.25, 0.3) is 16.9 Å². The quantitative estimate of drug-likeness (QED) is 0.436. The van der Waals surface area contributed by atoms with E-state index in [2.05, 4.69) is 15.1 Å². The van der Waals surface area contributed by atoms with Crippen LogP contribution >= 0.6 is 0 Å². The van der Waals surface area contributed by atoms with E-state index in [1.165, 1.54) is 0 Å². The Balaban J connectivity index is 1.45. The van der Waals surface area contributed by atoms with Gasteiger partial charge >= 0.3 is 0 Å². The molecule has 1 aromatic carbocycles. The number of imidazole rings is 1. The van der Waals surface area contributed by atoms with E-state index in [0.717, 1.165) is 59.8 Å². The molecule has 0 unspecified atom stereocenters.